The monoisotopic (exact) mass is 327 g/mol. The minimum Gasteiger partial charge on any atom is -0.397 e. The fraction of sp³-hybridized carbons (Fsp3) is 0.444. The van der Waals surface area contributed by atoms with E-state index in [1.807, 2.05) is 6.92 Å². The average molecular weight is 328 g/mol. The van der Waals surface area contributed by atoms with Gasteiger partial charge in [0, 0.05) is 6.54 Å². The second-order valence-electron chi connectivity index (χ2n) is 3.51. The van der Waals surface area contributed by atoms with Gasteiger partial charge >= 0.3 is 0 Å². The molecule has 1 heterocycles. The third kappa shape index (κ3) is 4.27. The molecule has 0 radical (unpaired) electrons. The largest absolute Gasteiger partial charge is 0.397 e. The summed E-state index contributed by atoms with van der Waals surface area (Å²) in [7, 11) is -3.75. The van der Waals surface area contributed by atoms with Crippen molar-refractivity contribution >= 4 is 56.0 Å². The molecule has 5 nitrogen and oxygen atoms in total. The number of hydrogen-bond acceptors (Lipinski definition) is 5. The highest BCUT2D eigenvalue weighted by Crippen LogP contribution is 2.32. The number of hydrogen-bond donors (Lipinski definition) is 3. The molecule has 9 heteroatoms. The smallest absolute Gasteiger partial charge is 0.275 e. The van der Waals surface area contributed by atoms with Crippen LogP contribution in [0.5, 0.6) is 0 Å². The standard InChI is InChI=1S/C9H14ClN3O2S3/c1-2-3-4-12-9(16)13-18(14,15)8-6(11)5-7(10)17-8/h5H,2-4,11H2,1H3,(H2,12,13,16). The van der Waals surface area contributed by atoms with Crippen molar-refractivity contribution in [2.45, 2.75) is 24.0 Å². The van der Waals surface area contributed by atoms with Crippen molar-refractivity contribution in [1.82, 2.24) is 10.0 Å². The van der Waals surface area contributed by atoms with E-state index in [2.05, 4.69) is 10.0 Å². The molecule has 0 fully saturated rings. The van der Waals surface area contributed by atoms with Crippen molar-refractivity contribution in [3.63, 3.8) is 0 Å². The Hall–Kier alpha value is -0.570. The molecule has 18 heavy (non-hydrogen) atoms. The number of halogens is 1. The first-order valence-electron chi connectivity index (χ1n) is 5.22. The highest BCUT2D eigenvalue weighted by atomic mass is 35.5. The second-order valence-corrected chi connectivity index (χ2v) is 7.48. The first-order chi connectivity index (χ1) is 8.36. The summed E-state index contributed by atoms with van der Waals surface area (Å²) >= 11 is 11.5. The molecule has 0 aliphatic heterocycles. The average Bonchev–Trinajstić information content (AvgIpc) is 2.58. The van der Waals surface area contributed by atoms with Gasteiger partial charge in [-0.15, -0.1) is 11.3 Å². The van der Waals surface area contributed by atoms with Crippen molar-refractivity contribution in [3.8, 4) is 0 Å². The van der Waals surface area contributed by atoms with E-state index in [0.717, 1.165) is 24.2 Å². The Morgan fingerprint density at radius 3 is 2.78 bits per heavy atom. The number of nitrogens with two attached hydrogens (primary N) is 1. The van der Waals surface area contributed by atoms with Gasteiger partial charge in [-0.05, 0) is 24.7 Å². The number of nitrogen functional groups attached to an aromatic ring is 1. The van der Waals surface area contributed by atoms with Crippen molar-refractivity contribution < 1.29 is 8.42 Å². The molecular formula is C9H14ClN3O2S3. The molecule has 0 aliphatic rings. The molecule has 0 amide bonds. The highest BCUT2D eigenvalue weighted by Gasteiger charge is 2.21. The lowest BCUT2D eigenvalue weighted by atomic mass is 10.3. The van der Waals surface area contributed by atoms with Crippen LogP contribution in [0, 0.1) is 0 Å². The van der Waals surface area contributed by atoms with Gasteiger partial charge in [-0.3, -0.25) is 4.72 Å². The van der Waals surface area contributed by atoms with Gasteiger partial charge in [0.15, 0.2) is 9.32 Å². The molecule has 1 aromatic heterocycles. The minimum absolute atomic E-state index is 0.0212. The van der Waals surface area contributed by atoms with Gasteiger partial charge in [0.05, 0.1) is 10.0 Å². The van der Waals surface area contributed by atoms with Crippen molar-refractivity contribution in [1.29, 1.82) is 0 Å². The third-order valence-electron chi connectivity index (χ3n) is 1.98. The maximum absolute atomic E-state index is 11.9. The number of rotatable bonds is 5. The summed E-state index contributed by atoms with van der Waals surface area (Å²) in [5, 5.41) is 2.87. The molecule has 1 rings (SSSR count). The van der Waals surface area contributed by atoms with Crippen LogP contribution in [0.4, 0.5) is 5.69 Å². The predicted octanol–water partition coefficient (Wildman–Crippen LogP) is 1.94. The van der Waals surface area contributed by atoms with E-state index >= 15 is 0 Å². The normalized spacial score (nSPS) is 11.2. The maximum Gasteiger partial charge on any atom is 0.275 e. The molecule has 102 valence electrons. The number of thiocarbonyl (C=S) groups is 1. The van der Waals surface area contributed by atoms with E-state index in [4.69, 9.17) is 29.6 Å². The van der Waals surface area contributed by atoms with Crippen LogP contribution < -0.4 is 15.8 Å². The van der Waals surface area contributed by atoms with Crippen LogP contribution in [0.3, 0.4) is 0 Å². The van der Waals surface area contributed by atoms with Gasteiger partial charge in [0.1, 0.15) is 0 Å². The number of nitrogens with one attached hydrogen (secondary N) is 2. The van der Waals surface area contributed by atoms with Crippen LogP contribution >= 0.6 is 35.2 Å². The molecule has 0 saturated heterocycles. The van der Waals surface area contributed by atoms with Gasteiger partial charge in [-0.1, -0.05) is 24.9 Å². The molecule has 0 atom stereocenters. The van der Waals surface area contributed by atoms with Crippen LogP contribution in [0.1, 0.15) is 19.8 Å². The first kappa shape index (κ1) is 15.5. The van der Waals surface area contributed by atoms with Crippen molar-refractivity contribution in [2.75, 3.05) is 12.3 Å². The van der Waals surface area contributed by atoms with E-state index in [1.165, 1.54) is 6.07 Å². The SMILES string of the molecule is CCCCNC(=S)NS(=O)(=O)c1sc(Cl)cc1N. The van der Waals surface area contributed by atoms with Crippen LogP contribution in [-0.4, -0.2) is 20.1 Å². The zero-order valence-electron chi connectivity index (χ0n) is 9.70. The Labute approximate surface area is 121 Å². The Balaban J connectivity index is 2.71. The zero-order chi connectivity index (χ0) is 13.8. The lowest BCUT2D eigenvalue weighted by Crippen LogP contribution is -2.39. The third-order valence-corrected chi connectivity index (χ3v) is 5.54. The van der Waals surface area contributed by atoms with E-state index in [1.54, 1.807) is 0 Å². The van der Waals surface area contributed by atoms with Crippen LogP contribution in [0.15, 0.2) is 10.3 Å². The molecule has 0 bridgehead atoms. The molecule has 0 aromatic carbocycles. The number of unbranched alkanes of at least 4 members (excludes halogenated alkanes) is 1. The summed E-state index contributed by atoms with van der Waals surface area (Å²) in [6, 6.07) is 1.40. The Bertz CT molecular complexity index is 527. The van der Waals surface area contributed by atoms with Gasteiger partial charge in [-0.25, -0.2) is 8.42 Å². The predicted molar refractivity (Wildman–Crippen MR) is 79.6 cm³/mol. The number of sulfonamides is 1. The lowest BCUT2D eigenvalue weighted by molar-refractivity contribution is 0.594. The number of anilines is 1. The fourth-order valence-electron chi connectivity index (χ4n) is 1.15. The van der Waals surface area contributed by atoms with Gasteiger partial charge in [0.25, 0.3) is 10.0 Å². The molecule has 4 N–H and O–H groups in total. The van der Waals surface area contributed by atoms with E-state index in [9.17, 15) is 8.42 Å². The van der Waals surface area contributed by atoms with E-state index < -0.39 is 10.0 Å². The van der Waals surface area contributed by atoms with Crippen molar-refractivity contribution in [2.24, 2.45) is 0 Å². The van der Waals surface area contributed by atoms with E-state index in [0.29, 0.717) is 10.9 Å². The van der Waals surface area contributed by atoms with Gasteiger partial charge in [-0.2, -0.15) is 0 Å². The molecule has 0 aliphatic carbocycles. The second kappa shape index (κ2) is 6.55. The van der Waals surface area contributed by atoms with Crippen LogP contribution in [-0.2, 0) is 10.0 Å². The van der Waals surface area contributed by atoms with Gasteiger partial charge in [0.2, 0.25) is 0 Å². The highest BCUT2D eigenvalue weighted by molar-refractivity contribution is 7.93. The van der Waals surface area contributed by atoms with Crippen LogP contribution in [0.25, 0.3) is 0 Å². The van der Waals surface area contributed by atoms with Crippen molar-refractivity contribution in [3.05, 3.63) is 10.4 Å². The summed E-state index contributed by atoms with van der Waals surface area (Å²) in [6.07, 6.45) is 1.91. The Morgan fingerprint density at radius 2 is 2.28 bits per heavy atom. The molecular weight excluding hydrogens is 314 g/mol. The zero-order valence-corrected chi connectivity index (χ0v) is 12.9. The molecule has 0 spiro atoms. The quantitative estimate of drug-likeness (QED) is 0.568. The summed E-state index contributed by atoms with van der Waals surface area (Å²) in [5.74, 6) is 0. The Morgan fingerprint density at radius 1 is 1.61 bits per heavy atom. The van der Waals surface area contributed by atoms with E-state index in [-0.39, 0.29) is 15.0 Å². The first-order valence-corrected chi connectivity index (χ1v) is 8.31. The molecule has 0 saturated carbocycles. The summed E-state index contributed by atoms with van der Waals surface area (Å²) in [4.78, 5) is 0. The topological polar surface area (TPSA) is 84.2 Å². The lowest BCUT2D eigenvalue weighted by Gasteiger charge is -2.10. The van der Waals surface area contributed by atoms with Crippen LogP contribution in [0.2, 0.25) is 4.34 Å². The summed E-state index contributed by atoms with van der Waals surface area (Å²) in [6.45, 7) is 2.65. The summed E-state index contributed by atoms with van der Waals surface area (Å²) in [5.41, 5.74) is 5.69. The molecule has 0 unspecified atom stereocenters. The molecule has 1 aromatic rings. The Kier molecular flexibility index (Phi) is 5.64. The fourth-order valence-corrected chi connectivity index (χ4v) is 4.22. The maximum atomic E-state index is 11.9. The number of thiophene rings is 1. The summed E-state index contributed by atoms with van der Waals surface area (Å²) < 4.78 is 26.4. The van der Waals surface area contributed by atoms with Gasteiger partial charge < -0.3 is 11.1 Å². The minimum atomic E-state index is -3.75.